The number of nitrogens with zero attached hydrogens (tertiary/aromatic N) is 5. The first-order valence-electron chi connectivity index (χ1n) is 20.6. The number of carbonyl (C=O) groups excluding carboxylic acids is 6. The smallest absolute Gasteiger partial charge is 0.326 e. The Morgan fingerprint density at radius 1 is 0.585 bits per heavy atom. The molecule has 1 aromatic carbocycles. The summed E-state index contributed by atoms with van der Waals surface area (Å²) in [5.74, 6) is -10.4. The molecule has 2 aliphatic heterocycles. The molecule has 1 saturated heterocycles. The maximum absolute atomic E-state index is 13.2. The second-order valence-electron chi connectivity index (χ2n) is 15.2. The molecular weight excluding hydrogens is 862 g/mol. The molecule has 6 amide bonds. The van der Waals surface area contributed by atoms with Crippen molar-refractivity contribution in [2.24, 2.45) is 0 Å². The van der Waals surface area contributed by atoms with E-state index in [0.717, 1.165) is 17.1 Å². The molecule has 2 aliphatic rings. The van der Waals surface area contributed by atoms with Gasteiger partial charge in [0, 0.05) is 83.2 Å². The highest BCUT2D eigenvalue weighted by molar-refractivity contribution is 6.12. The fraction of sp³-hybridized carbons (Fsp3) is 0.525. The molecule has 2 heterocycles. The lowest BCUT2D eigenvalue weighted by Crippen LogP contribution is -2.51. The lowest BCUT2D eigenvalue weighted by atomic mass is 10.1. The van der Waals surface area contributed by atoms with Gasteiger partial charge in [0.2, 0.25) is 17.7 Å². The van der Waals surface area contributed by atoms with Gasteiger partial charge in [-0.25, -0.2) is 4.79 Å². The molecule has 0 saturated carbocycles. The summed E-state index contributed by atoms with van der Waals surface area (Å²) in [6.07, 6.45) is 1.76. The summed E-state index contributed by atoms with van der Waals surface area (Å²) in [5.41, 5.74) is 0.420. The first kappa shape index (κ1) is 52.5. The molecule has 1 fully saturated rings. The van der Waals surface area contributed by atoms with Crippen molar-refractivity contribution in [2.75, 3.05) is 91.6 Å². The van der Waals surface area contributed by atoms with Gasteiger partial charge in [-0.05, 0) is 37.0 Å². The lowest BCUT2D eigenvalue weighted by Gasteiger charge is -2.32. The van der Waals surface area contributed by atoms with E-state index < -0.39 is 90.3 Å². The number of carbonyl (C=O) groups is 11. The molecule has 356 valence electrons. The van der Waals surface area contributed by atoms with E-state index in [2.05, 4.69) is 21.3 Å². The molecule has 0 aromatic heterocycles. The zero-order chi connectivity index (χ0) is 48.1. The number of aliphatic carboxylic acids is 5. The molecule has 0 spiro atoms. The van der Waals surface area contributed by atoms with Crippen LogP contribution < -0.4 is 21.3 Å². The summed E-state index contributed by atoms with van der Waals surface area (Å²) in [5, 5.41) is 56.7. The van der Waals surface area contributed by atoms with Crippen LogP contribution in [0.25, 0.3) is 0 Å². The van der Waals surface area contributed by atoms with Gasteiger partial charge in [0.05, 0.1) is 39.1 Å². The third-order valence-electron chi connectivity index (χ3n) is 10.1. The molecule has 3 rings (SSSR count). The average molecular weight is 918 g/mol. The largest absolute Gasteiger partial charge is 0.481 e. The Hall–Kier alpha value is -6.83. The summed E-state index contributed by atoms with van der Waals surface area (Å²) in [4.78, 5) is 141. The quantitative estimate of drug-likeness (QED) is 0.0354. The van der Waals surface area contributed by atoms with E-state index in [1.807, 2.05) is 0 Å². The van der Waals surface area contributed by atoms with Gasteiger partial charge < -0.3 is 46.8 Å². The third kappa shape index (κ3) is 20.0. The van der Waals surface area contributed by atoms with Gasteiger partial charge in [0.25, 0.3) is 17.7 Å². The van der Waals surface area contributed by atoms with Crippen molar-refractivity contribution in [3.8, 4) is 0 Å². The van der Waals surface area contributed by atoms with Crippen molar-refractivity contribution >= 4 is 65.3 Å². The fourth-order valence-electron chi connectivity index (χ4n) is 6.76. The van der Waals surface area contributed by atoms with Crippen LogP contribution in [0, 0.1) is 0 Å². The summed E-state index contributed by atoms with van der Waals surface area (Å²) in [6.45, 7) is -0.302. The first-order valence-corrected chi connectivity index (χ1v) is 20.6. The highest BCUT2D eigenvalue weighted by atomic mass is 16.4. The van der Waals surface area contributed by atoms with E-state index in [1.165, 1.54) is 18.2 Å². The predicted molar refractivity (Wildman–Crippen MR) is 223 cm³/mol. The molecule has 9 N–H and O–H groups in total. The summed E-state index contributed by atoms with van der Waals surface area (Å²) in [7, 11) is 0. The van der Waals surface area contributed by atoms with Gasteiger partial charge >= 0.3 is 29.8 Å². The summed E-state index contributed by atoms with van der Waals surface area (Å²) < 4.78 is 0. The van der Waals surface area contributed by atoms with Gasteiger partial charge in [-0.3, -0.25) is 72.4 Å². The minimum Gasteiger partial charge on any atom is -0.481 e. The standard InChI is InChI=1S/C40H55N9O16/c50-30(43-28(40(64)65)6-1-2-9-49-32(52)7-8-33(49)53)21-42-39(63)29(19-34(54)55)44-38(62)27-5-3-4-26(18-27)20-41-31(51)22-45-10-12-46(23-35(56)57)14-16-48(25-37(60)61)17-15-47(13-11-45)24-36(58)59/h3-5,7-8,18,28-29H,1-2,6,9-17,19-25H2,(H,41,51)(H,42,63)(H,43,50)(H,44,62)(H,54,55)(H,56,57)(H,58,59)(H,60,61)(H,64,65)/t28-,29-/m0/s1. The molecule has 1 aromatic rings. The van der Waals surface area contributed by atoms with Gasteiger partial charge in [-0.1, -0.05) is 12.1 Å². The van der Waals surface area contributed by atoms with Crippen LogP contribution in [0.15, 0.2) is 36.4 Å². The Labute approximate surface area is 372 Å². The zero-order valence-electron chi connectivity index (χ0n) is 35.5. The van der Waals surface area contributed by atoms with Gasteiger partial charge in [0.1, 0.15) is 12.1 Å². The molecule has 0 unspecified atom stereocenters. The van der Waals surface area contributed by atoms with Crippen molar-refractivity contribution in [3.63, 3.8) is 0 Å². The number of rotatable bonds is 24. The lowest BCUT2D eigenvalue weighted by molar-refractivity contribution is -0.142. The van der Waals surface area contributed by atoms with E-state index in [-0.39, 0.29) is 116 Å². The minimum absolute atomic E-state index is 0.0151. The average Bonchev–Trinajstić information content (AvgIpc) is 3.55. The molecular formula is C40H55N9O16. The number of unbranched alkanes of at least 4 members (excludes halogenated alkanes) is 1. The van der Waals surface area contributed by atoms with Crippen molar-refractivity contribution in [1.82, 2.24) is 45.8 Å². The predicted octanol–water partition coefficient (Wildman–Crippen LogP) is -3.87. The highest BCUT2D eigenvalue weighted by Gasteiger charge is 2.27. The molecule has 0 aliphatic carbocycles. The second kappa shape index (κ2) is 26.7. The van der Waals surface area contributed by atoms with Crippen molar-refractivity contribution < 1.29 is 78.3 Å². The molecule has 0 radical (unpaired) electrons. The topological polar surface area (TPSA) is 353 Å². The van der Waals surface area contributed by atoms with Crippen LogP contribution in [0.5, 0.6) is 0 Å². The van der Waals surface area contributed by atoms with Gasteiger partial charge in [-0.2, -0.15) is 0 Å². The van der Waals surface area contributed by atoms with Crippen molar-refractivity contribution in [2.45, 2.75) is 44.3 Å². The van der Waals surface area contributed by atoms with Crippen LogP contribution in [0.1, 0.15) is 41.6 Å². The summed E-state index contributed by atoms with van der Waals surface area (Å²) >= 11 is 0. The number of hydrogen-bond acceptors (Lipinski definition) is 15. The second-order valence-corrected chi connectivity index (χ2v) is 15.2. The number of carboxylic acids is 5. The van der Waals surface area contributed by atoms with E-state index in [9.17, 15) is 78.3 Å². The van der Waals surface area contributed by atoms with Crippen molar-refractivity contribution in [1.29, 1.82) is 0 Å². The minimum atomic E-state index is -1.67. The number of imide groups is 1. The van der Waals surface area contributed by atoms with E-state index in [1.54, 1.807) is 25.7 Å². The zero-order valence-corrected chi connectivity index (χ0v) is 35.5. The van der Waals surface area contributed by atoms with E-state index in [4.69, 9.17) is 0 Å². The normalized spacial score (nSPS) is 16.6. The monoisotopic (exact) mass is 917 g/mol. The van der Waals surface area contributed by atoms with E-state index in [0.29, 0.717) is 5.56 Å². The van der Waals surface area contributed by atoms with Crippen LogP contribution >= 0.6 is 0 Å². The Balaban J connectivity index is 1.56. The number of nitrogens with one attached hydrogen (secondary N) is 4. The first-order chi connectivity index (χ1) is 30.8. The Kier molecular flexibility index (Phi) is 21.6. The van der Waals surface area contributed by atoms with Crippen LogP contribution in [0.3, 0.4) is 0 Å². The number of hydrogen-bond donors (Lipinski definition) is 9. The SMILES string of the molecule is O=C(O)C[C@H](NC(=O)c1cccc(CNC(=O)CN2CCN(CC(=O)O)CCN(CC(=O)O)CCN(CC(=O)O)CC2)c1)C(=O)NCC(=O)N[C@@H](CCCCN1C(=O)C=CC1=O)C(=O)O. The number of carboxylic acid groups (broad SMARTS) is 5. The third-order valence-corrected chi connectivity index (χ3v) is 10.1. The Bertz CT molecular complexity index is 1910. The van der Waals surface area contributed by atoms with Crippen LogP contribution in [-0.4, -0.2) is 219 Å². The molecule has 25 nitrogen and oxygen atoms in total. The van der Waals surface area contributed by atoms with Crippen molar-refractivity contribution in [3.05, 3.63) is 47.5 Å². The molecule has 0 bridgehead atoms. The van der Waals surface area contributed by atoms with Gasteiger partial charge in [0.15, 0.2) is 0 Å². The van der Waals surface area contributed by atoms with Gasteiger partial charge in [-0.15, -0.1) is 0 Å². The maximum Gasteiger partial charge on any atom is 0.326 e. The molecule has 2 atom stereocenters. The van der Waals surface area contributed by atoms with E-state index >= 15 is 0 Å². The maximum atomic E-state index is 13.2. The van der Waals surface area contributed by atoms with Crippen LogP contribution in [0.2, 0.25) is 0 Å². The number of amides is 6. The van der Waals surface area contributed by atoms with Crippen LogP contribution in [-0.2, 0) is 54.5 Å². The molecule has 65 heavy (non-hydrogen) atoms. The summed E-state index contributed by atoms with van der Waals surface area (Å²) in [6, 6.07) is 2.78. The molecule has 25 heteroatoms. The highest BCUT2D eigenvalue weighted by Crippen LogP contribution is 2.10. The van der Waals surface area contributed by atoms with Crippen LogP contribution in [0.4, 0.5) is 0 Å². The Morgan fingerprint density at radius 3 is 1.57 bits per heavy atom. The Morgan fingerprint density at radius 2 is 1.09 bits per heavy atom. The fourth-order valence-corrected chi connectivity index (χ4v) is 6.76. The number of benzene rings is 1.